The quantitative estimate of drug-likeness (QED) is 0.720. The number of amides is 2. The normalized spacial score (nSPS) is 10.8. The third-order valence-electron chi connectivity index (χ3n) is 1.90. The second kappa shape index (κ2) is 6.65. The maximum atomic E-state index is 11.6. The number of nitrogens with one attached hydrogen (secondary N) is 1. The van der Waals surface area contributed by atoms with Crippen LogP contribution in [0.4, 0.5) is 4.79 Å². The van der Waals surface area contributed by atoms with Crippen LogP contribution < -0.4 is 5.32 Å². The molecule has 0 spiro atoms. The SMILES string of the molecule is CCN(CCN(C)C)C(=O)NC(C)C. The van der Waals surface area contributed by atoms with Crippen LogP contribution in [0.2, 0.25) is 0 Å². The van der Waals surface area contributed by atoms with Crippen molar-refractivity contribution in [3.05, 3.63) is 0 Å². The van der Waals surface area contributed by atoms with E-state index in [9.17, 15) is 4.79 Å². The molecule has 4 heteroatoms. The first-order valence-electron chi connectivity index (χ1n) is 5.17. The zero-order chi connectivity index (χ0) is 11.1. The third kappa shape index (κ3) is 5.80. The Morgan fingerprint density at radius 1 is 1.29 bits per heavy atom. The smallest absolute Gasteiger partial charge is 0.317 e. The van der Waals surface area contributed by atoms with E-state index in [1.54, 1.807) is 0 Å². The second-order valence-electron chi connectivity index (χ2n) is 3.99. The Morgan fingerprint density at radius 2 is 1.86 bits per heavy atom. The summed E-state index contributed by atoms with van der Waals surface area (Å²) in [6.45, 7) is 8.37. The maximum absolute atomic E-state index is 11.6. The first-order valence-corrected chi connectivity index (χ1v) is 5.17. The van der Waals surface area contributed by atoms with Crippen LogP contribution in [0.25, 0.3) is 0 Å². The van der Waals surface area contributed by atoms with E-state index in [1.165, 1.54) is 0 Å². The van der Waals surface area contributed by atoms with Crippen LogP contribution in [0.5, 0.6) is 0 Å². The van der Waals surface area contributed by atoms with Gasteiger partial charge in [0.15, 0.2) is 0 Å². The molecule has 0 saturated carbocycles. The van der Waals surface area contributed by atoms with E-state index in [2.05, 4.69) is 10.2 Å². The number of hydrogen-bond donors (Lipinski definition) is 1. The highest BCUT2D eigenvalue weighted by Gasteiger charge is 2.11. The lowest BCUT2D eigenvalue weighted by Gasteiger charge is -2.24. The van der Waals surface area contributed by atoms with Gasteiger partial charge < -0.3 is 15.1 Å². The van der Waals surface area contributed by atoms with E-state index >= 15 is 0 Å². The summed E-state index contributed by atoms with van der Waals surface area (Å²) in [6, 6.07) is 0.236. The summed E-state index contributed by atoms with van der Waals surface area (Å²) in [7, 11) is 4.02. The molecule has 1 N–H and O–H groups in total. The first-order chi connectivity index (χ1) is 6.47. The molecule has 84 valence electrons. The van der Waals surface area contributed by atoms with Crippen LogP contribution >= 0.6 is 0 Å². The summed E-state index contributed by atoms with van der Waals surface area (Å²) >= 11 is 0. The van der Waals surface area contributed by atoms with Crippen molar-refractivity contribution in [1.29, 1.82) is 0 Å². The van der Waals surface area contributed by atoms with Gasteiger partial charge in [0.2, 0.25) is 0 Å². The van der Waals surface area contributed by atoms with E-state index < -0.39 is 0 Å². The Hall–Kier alpha value is -0.770. The number of likely N-dealkylation sites (N-methyl/N-ethyl adjacent to an activating group) is 2. The van der Waals surface area contributed by atoms with Crippen molar-refractivity contribution in [2.75, 3.05) is 33.7 Å². The summed E-state index contributed by atoms with van der Waals surface area (Å²) in [6.07, 6.45) is 0. The molecule has 0 rings (SSSR count). The fourth-order valence-electron chi connectivity index (χ4n) is 1.06. The van der Waals surface area contributed by atoms with Gasteiger partial charge in [0.05, 0.1) is 0 Å². The highest BCUT2D eigenvalue weighted by atomic mass is 16.2. The summed E-state index contributed by atoms with van der Waals surface area (Å²) < 4.78 is 0. The molecule has 0 unspecified atom stereocenters. The highest BCUT2D eigenvalue weighted by Crippen LogP contribution is 1.91. The lowest BCUT2D eigenvalue weighted by molar-refractivity contribution is 0.192. The lowest BCUT2D eigenvalue weighted by atomic mass is 10.4. The number of carbonyl (C=O) groups excluding carboxylic acids is 1. The van der Waals surface area contributed by atoms with Crippen molar-refractivity contribution < 1.29 is 4.79 Å². The molecule has 0 radical (unpaired) electrons. The molecule has 0 heterocycles. The third-order valence-corrected chi connectivity index (χ3v) is 1.90. The standard InChI is InChI=1S/C10H23N3O/c1-6-13(8-7-12(4)5)10(14)11-9(2)3/h9H,6-8H2,1-5H3,(H,11,14). The molecular weight excluding hydrogens is 178 g/mol. The average Bonchev–Trinajstić information content (AvgIpc) is 2.03. The van der Waals surface area contributed by atoms with Crippen LogP contribution in [-0.4, -0.2) is 55.6 Å². The van der Waals surface area contributed by atoms with E-state index in [4.69, 9.17) is 0 Å². The molecule has 0 saturated heterocycles. The maximum Gasteiger partial charge on any atom is 0.317 e. The van der Waals surface area contributed by atoms with Crippen molar-refractivity contribution in [3.8, 4) is 0 Å². The Morgan fingerprint density at radius 3 is 2.21 bits per heavy atom. The largest absolute Gasteiger partial charge is 0.336 e. The topological polar surface area (TPSA) is 35.6 Å². The van der Waals surface area contributed by atoms with Gasteiger partial charge in [-0.05, 0) is 34.9 Å². The van der Waals surface area contributed by atoms with Crippen LogP contribution in [0.15, 0.2) is 0 Å². The van der Waals surface area contributed by atoms with Crippen molar-refractivity contribution in [2.45, 2.75) is 26.8 Å². The van der Waals surface area contributed by atoms with E-state index in [-0.39, 0.29) is 12.1 Å². The second-order valence-corrected chi connectivity index (χ2v) is 3.99. The highest BCUT2D eigenvalue weighted by molar-refractivity contribution is 5.74. The predicted molar refractivity (Wildman–Crippen MR) is 59.5 cm³/mol. The predicted octanol–water partition coefficient (Wildman–Crippen LogP) is 0.988. The van der Waals surface area contributed by atoms with Crippen molar-refractivity contribution in [1.82, 2.24) is 15.1 Å². The Labute approximate surface area is 87.3 Å². The molecular formula is C10H23N3O. The molecule has 14 heavy (non-hydrogen) atoms. The van der Waals surface area contributed by atoms with Gasteiger partial charge in [-0.2, -0.15) is 0 Å². The molecule has 4 nitrogen and oxygen atoms in total. The first kappa shape index (κ1) is 13.2. The number of hydrogen-bond acceptors (Lipinski definition) is 2. The molecule has 0 aromatic heterocycles. The van der Waals surface area contributed by atoms with Crippen LogP contribution in [0.3, 0.4) is 0 Å². The van der Waals surface area contributed by atoms with Gasteiger partial charge in [0.1, 0.15) is 0 Å². The Kier molecular flexibility index (Phi) is 6.28. The molecule has 0 aliphatic rings. The molecule has 0 fully saturated rings. The molecule has 0 aliphatic carbocycles. The Balaban J connectivity index is 3.93. The van der Waals surface area contributed by atoms with Crippen LogP contribution in [-0.2, 0) is 0 Å². The minimum atomic E-state index is 0.0318. The van der Waals surface area contributed by atoms with Crippen LogP contribution in [0.1, 0.15) is 20.8 Å². The molecule has 0 aromatic carbocycles. The van der Waals surface area contributed by atoms with E-state index in [0.717, 1.165) is 19.6 Å². The zero-order valence-corrected chi connectivity index (χ0v) is 10.0. The Bertz CT molecular complexity index is 169. The molecule has 0 aromatic rings. The van der Waals surface area contributed by atoms with Crippen molar-refractivity contribution >= 4 is 6.03 Å². The lowest BCUT2D eigenvalue weighted by Crippen LogP contribution is -2.45. The number of urea groups is 1. The number of nitrogens with zero attached hydrogens (tertiary/aromatic N) is 2. The van der Waals surface area contributed by atoms with E-state index in [1.807, 2.05) is 39.8 Å². The van der Waals surface area contributed by atoms with Gasteiger partial charge in [0.25, 0.3) is 0 Å². The average molecular weight is 201 g/mol. The van der Waals surface area contributed by atoms with Crippen LogP contribution in [0, 0.1) is 0 Å². The van der Waals surface area contributed by atoms with Gasteiger partial charge in [-0.3, -0.25) is 0 Å². The zero-order valence-electron chi connectivity index (χ0n) is 10.0. The molecule has 0 atom stereocenters. The van der Waals surface area contributed by atoms with E-state index in [0.29, 0.717) is 0 Å². The fraction of sp³-hybridized carbons (Fsp3) is 0.900. The van der Waals surface area contributed by atoms with Gasteiger partial charge in [0, 0.05) is 25.7 Å². The monoisotopic (exact) mass is 201 g/mol. The van der Waals surface area contributed by atoms with Gasteiger partial charge in [-0.25, -0.2) is 4.79 Å². The summed E-state index contributed by atoms with van der Waals surface area (Å²) in [5.41, 5.74) is 0. The van der Waals surface area contributed by atoms with Crippen molar-refractivity contribution in [2.24, 2.45) is 0 Å². The summed E-state index contributed by atoms with van der Waals surface area (Å²) in [5.74, 6) is 0. The minimum absolute atomic E-state index is 0.0318. The molecule has 0 bridgehead atoms. The summed E-state index contributed by atoms with van der Waals surface area (Å²) in [4.78, 5) is 15.5. The minimum Gasteiger partial charge on any atom is -0.336 e. The number of carbonyl (C=O) groups is 1. The molecule has 0 aliphatic heterocycles. The van der Waals surface area contributed by atoms with Crippen molar-refractivity contribution in [3.63, 3.8) is 0 Å². The molecule has 2 amide bonds. The van der Waals surface area contributed by atoms with Gasteiger partial charge >= 0.3 is 6.03 Å². The number of rotatable bonds is 5. The van der Waals surface area contributed by atoms with Gasteiger partial charge in [-0.1, -0.05) is 0 Å². The summed E-state index contributed by atoms with van der Waals surface area (Å²) in [5, 5.41) is 2.89. The van der Waals surface area contributed by atoms with Gasteiger partial charge in [-0.15, -0.1) is 0 Å². The fourth-order valence-corrected chi connectivity index (χ4v) is 1.06.